The number of imidazole rings is 1. The summed E-state index contributed by atoms with van der Waals surface area (Å²) in [6.07, 6.45) is 6.63. The summed E-state index contributed by atoms with van der Waals surface area (Å²) in [5.74, 6) is 1.07. The van der Waals surface area contributed by atoms with Gasteiger partial charge >= 0.3 is 0 Å². The fourth-order valence-corrected chi connectivity index (χ4v) is 1.84. The molecule has 0 radical (unpaired) electrons. The second kappa shape index (κ2) is 5.53. The maximum atomic E-state index is 5.67. The number of hydrogen-bond donors (Lipinski definition) is 2. The number of nitrogen functional groups attached to an aromatic ring is 1. The smallest absolute Gasteiger partial charge is 0.106 e. The van der Waals surface area contributed by atoms with Gasteiger partial charge in [-0.25, -0.2) is 4.98 Å². The molecule has 0 atom stereocenters. The van der Waals surface area contributed by atoms with Crippen molar-refractivity contribution in [1.82, 2.24) is 9.97 Å². The van der Waals surface area contributed by atoms with Crippen LogP contribution < -0.4 is 5.73 Å². The summed E-state index contributed by atoms with van der Waals surface area (Å²) in [5.41, 5.74) is 8.65. The highest BCUT2D eigenvalue weighted by Gasteiger charge is 2.02. The number of hydrogen-bond acceptors (Lipinski definition) is 2. The van der Waals surface area contributed by atoms with Crippen molar-refractivity contribution in [2.45, 2.75) is 32.6 Å². The van der Waals surface area contributed by atoms with E-state index in [4.69, 9.17) is 5.73 Å². The highest BCUT2D eigenvalue weighted by atomic mass is 14.9. The number of rotatable bonds is 5. The zero-order valence-corrected chi connectivity index (χ0v) is 10.2. The van der Waals surface area contributed by atoms with Gasteiger partial charge in [0.2, 0.25) is 0 Å². The van der Waals surface area contributed by atoms with Crippen LogP contribution in [0.1, 0.15) is 32.0 Å². The summed E-state index contributed by atoms with van der Waals surface area (Å²) in [4.78, 5) is 7.76. The van der Waals surface area contributed by atoms with Crippen LogP contribution >= 0.6 is 0 Å². The number of aromatic amines is 1. The molecule has 0 aliphatic rings. The molecule has 0 unspecified atom stereocenters. The minimum atomic E-state index is 0.788. The Balaban J connectivity index is 2.04. The Morgan fingerprint density at radius 2 is 1.94 bits per heavy atom. The van der Waals surface area contributed by atoms with Crippen molar-refractivity contribution in [3.63, 3.8) is 0 Å². The van der Waals surface area contributed by atoms with Crippen molar-refractivity contribution in [3.05, 3.63) is 36.3 Å². The molecular weight excluding hydrogens is 210 g/mol. The summed E-state index contributed by atoms with van der Waals surface area (Å²) in [5, 5.41) is 0. The number of aromatic nitrogens is 2. The van der Waals surface area contributed by atoms with Crippen LogP contribution in [0.25, 0.3) is 11.3 Å². The van der Waals surface area contributed by atoms with Crippen LogP contribution in [-0.4, -0.2) is 9.97 Å². The van der Waals surface area contributed by atoms with Gasteiger partial charge in [-0.3, -0.25) is 0 Å². The number of nitrogens with one attached hydrogen (secondary N) is 1. The van der Waals surface area contributed by atoms with Crippen molar-refractivity contribution < 1.29 is 0 Å². The standard InChI is InChI=1S/C14H19N3/c1-2-3-4-5-14-16-10-13(17-14)11-6-8-12(15)9-7-11/h6-10H,2-5,15H2,1H3,(H,16,17). The molecule has 0 saturated heterocycles. The molecule has 0 saturated carbocycles. The molecule has 17 heavy (non-hydrogen) atoms. The number of unbranched alkanes of at least 4 members (excludes halogenated alkanes) is 2. The van der Waals surface area contributed by atoms with Crippen LogP contribution in [0.3, 0.4) is 0 Å². The fraction of sp³-hybridized carbons (Fsp3) is 0.357. The third-order valence-electron chi connectivity index (χ3n) is 2.87. The van der Waals surface area contributed by atoms with E-state index in [2.05, 4.69) is 16.9 Å². The van der Waals surface area contributed by atoms with Crippen LogP contribution in [0.5, 0.6) is 0 Å². The molecule has 0 aliphatic carbocycles. The minimum absolute atomic E-state index is 0.788. The molecule has 1 aromatic heterocycles. The zero-order valence-electron chi connectivity index (χ0n) is 10.2. The molecule has 2 aromatic rings. The maximum absolute atomic E-state index is 5.67. The van der Waals surface area contributed by atoms with Gasteiger partial charge in [0.05, 0.1) is 11.9 Å². The predicted molar refractivity (Wildman–Crippen MR) is 71.7 cm³/mol. The van der Waals surface area contributed by atoms with E-state index in [1.165, 1.54) is 19.3 Å². The Morgan fingerprint density at radius 3 is 2.65 bits per heavy atom. The van der Waals surface area contributed by atoms with E-state index in [-0.39, 0.29) is 0 Å². The van der Waals surface area contributed by atoms with Crippen LogP contribution in [0.2, 0.25) is 0 Å². The molecule has 90 valence electrons. The van der Waals surface area contributed by atoms with Gasteiger partial charge in [-0.15, -0.1) is 0 Å². The summed E-state index contributed by atoms with van der Waals surface area (Å²) in [6, 6.07) is 7.84. The Labute approximate surface area is 102 Å². The predicted octanol–water partition coefficient (Wildman–Crippen LogP) is 3.39. The van der Waals surface area contributed by atoms with E-state index in [0.717, 1.165) is 29.2 Å². The SMILES string of the molecule is CCCCCc1ncc(-c2ccc(N)cc2)[nH]1. The quantitative estimate of drug-likeness (QED) is 0.610. The van der Waals surface area contributed by atoms with Gasteiger partial charge < -0.3 is 10.7 Å². The van der Waals surface area contributed by atoms with Crippen molar-refractivity contribution in [2.24, 2.45) is 0 Å². The molecule has 0 spiro atoms. The molecule has 0 fully saturated rings. The molecule has 3 N–H and O–H groups in total. The topological polar surface area (TPSA) is 54.7 Å². The van der Waals surface area contributed by atoms with E-state index in [1.807, 2.05) is 30.5 Å². The van der Waals surface area contributed by atoms with Crippen molar-refractivity contribution >= 4 is 5.69 Å². The second-order valence-electron chi connectivity index (χ2n) is 4.32. The Hall–Kier alpha value is -1.77. The molecule has 0 amide bonds. The second-order valence-corrected chi connectivity index (χ2v) is 4.32. The van der Waals surface area contributed by atoms with E-state index in [1.54, 1.807) is 0 Å². The third kappa shape index (κ3) is 3.09. The summed E-state index contributed by atoms with van der Waals surface area (Å²) in [7, 11) is 0. The number of anilines is 1. The first-order valence-electron chi connectivity index (χ1n) is 6.19. The highest BCUT2D eigenvalue weighted by molar-refractivity contribution is 5.61. The van der Waals surface area contributed by atoms with Gasteiger partial charge in [0.1, 0.15) is 5.82 Å². The van der Waals surface area contributed by atoms with Gasteiger partial charge in [-0.2, -0.15) is 0 Å². The molecule has 2 rings (SSSR count). The average Bonchev–Trinajstić information content (AvgIpc) is 2.79. The molecule has 3 heteroatoms. The van der Waals surface area contributed by atoms with Crippen molar-refractivity contribution in [2.75, 3.05) is 5.73 Å². The Kier molecular flexibility index (Phi) is 3.81. The Bertz CT molecular complexity index is 457. The molecule has 1 aromatic carbocycles. The van der Waals surface area contributed by atoms with Gasteiger partial charge in [0.25, 0.3) is 0 Å². The van der Waals surface area contributed by atoms with Crippen molar-refractivity contribution in [3.8, 4) is 11.3 Å². The maximum Gasteiger partial charge on any atom is 0.106 e. The Morgan fingerprint density at radius 1 is 1.18 bits per heavy atom. The minimum Gasteiger partial charge on any atom is -0.399 e. The van der Waals surface area contributed by atoms with Gasteiger partial charge in [-0.1, -0.05) is 31.9 Å². The lowest BCUT2D eigenvalue weighted by Crippen LogP contribution is -1.88. The third-order valence-corrected chi connectivity index (χ3v) is 2.87. The summed E-state index contributed by atoms with van der Waals surface area (Å²) >= 11 is 0. The van der Waals surface area contributed by atoms with E-state index >= 15 is 0 Å². The number of aryl methyl sites for hydroxylation is 1. The lowest BCUT2D eigenvalue weighted by atomic mass is 10.1. The van der Waals surface area contributed by atoms with Crippen LogP contribution in [0.4, 0.5) is 5.69 Å². The number of H-pyrrole nitrogens is 1. The monoisotopic (exact) mass is 229 g/mol. The molecule has 3 nitrogen and oxygen atoms in total. The number of benzene rings is 1. The fourth-order valence-electron chi connectivity index (χ4n) is 1.84. The molecule has 0 bridgehead atoms. The van der Waals surface area contributed by atoms with E-state index < -0.39 is 0 Å². The summed E-state index contributed by atoms with van der Waals surface area (Å²) in [6.45, 7) is 2.21. The normalized spacial score (nSPS) is 10.6. The average molecular weight is 229 g/mol. The van der Waals surface area contributed by atoms with Gasteiger partial charge in [0, 0.05) is 12.1 Å². The lowest BCUT2D eigenvalue weighted by molar-refractivity contribution is 0.699. The highest BCUT2D eigenvalue weighted by Crippen LogP contribution is 2.18. The first kappa shape index (κ1) is 11.7. The zero-order chi connectivity index (χ0) is 12.1. The number of nitrogens with zero attached hydrogens (tertiary/aromatic N) is 1. The van der Waals surface area contributed by atoms with Gasteiger partial charge in [-0.05, 0) is 24.1 Å². The molecular formula is C14H19N3. The largest absolute Gasteiger partial charge is 0.399 e. The van der Waals surface area contributed by atoms with Gasteiger partial charge in [0.15, 0.2) is 0 Å². The van der Waals surface area contributed by atoms with E-state index in [0.29, 0.717) is 0 Å². The van der Waals surface area contributed by atoms with Crippen molar-refractivity contribution in [1.29, 1.82) is 0 Å². The molecule has 0 aliphatic heterocycles. The number of nitrogens with two attached hydrogens (primary N) is 1. The van der Waals surface area contributed by atoms with Crippen LogP contribution in [0, 0.1) is 0 Å². The molecule has 1 heterocycles. The van der Waals surface area contributed by atoms with Crippen LogP contribution in [-0.2, 0) is 6.42 Å². The summed E-state index contributed by atoms with van der Waals surface area (Å²) < 4.78 is 0. The van der Waals surface area contributed by atoms with Crippen LogP contribution in [0.15, 0.2) is 30.5 Å². The van der Waals surface area contributed by atoms with E-state index in [9.17, 15) is 0 Å². The lowest BCUT2D eigenvalue weighted by Gasteiger charge is -1.98. The first-order chi connectivity index (χ1) is 8.29. The first-order valence-corrected chi connectivity index (χ1v) is 6.19.